The lowest BCUT2D eigenvalue weighted by atomic mass is 10.1. The molecule has 15 heavy (non-hydrogen) atoms. The van der Waals surface area contributed by atoms with Crippen LogP contribution in [0.1, 0.15) is 17.2 Å². The Balaban J connectivity index is 2.11. The molecule has 3 nitrogen and oxygen atoms in total. The number of rotatable bonds is 3. The molecule has 0 saturated heterocycles. The summed E-state index contributed by atoms with van der Waals surface area (Å²) in [5.74, 6) is 0. The van der Waals surface area contributed by atoms with Crippen molar-refractivity contribution in [1.82, 2.24) is 4.98 Å². The summed E-state index contributed by atoms with van der Waals surface area (Å²) in [6, 6.07) is 5.23. The first-order valence-electron chi connectivity index (χ1n) is 4.56. The highest BCUT2D eigenvalue weighted by molar-refractivity contribution is 6.29. The van der Waals surface area contributed by atoms with Crippen molar-refractivity contribution in [3.05, 3.63) is 53.2 Å². The van der Waals surface area contributed by atoms with Crippen LogP contribution in [0.2, 0.25) is 5.15 Å². The zero-order valence-corrected chi connectivity index (χ0v) is 8.69. The van der Waals surface area contributed by atoms with Gasteiger partial charge in [-0.1, -0.05) is 11.6 Å². The van der Waals surface area contributed by atoms with E-state index in [1.54, 1.807) is 30.9 Å². The zero-order chi connectivity index (χ0) is 10.7. The van der Waals surface area contributed by atoms with Gasteiger partial charge in [0.1, 0.15) is 5.15 Å². The van der Waals surface area contributed by atoms with Gasteiger partial charge in [0, 0.05) is 12.6 Å². The summed E-state index contributed by atoms with van der Waals surface area (Å²) in [6.07, 6.45) is 4.71. The number of hydrogen-bond donors (Lipinski definition) is 1. The highest BCUT2D eigenvalue weighted by Gasteiger charge is 2.09. The topological polar surface area (TPSA) is 46.3 Å². The SMILES string of the molecule is OC(Cc1ccoc1)c1ccnc(Cl)c1. The number of aliphatic hydroxyl groups excluding tert-OH is 1. The Labute approximate surface area is 92.3 Å². The van der Waals surface area contributed by atoms with Crippen molar-refractivity contribution in [3.63, 3.8) is 0 Å². The molecule has 0 radical (unpaired) electrons. The summed E-state index contributed by atoms with van der Waals surface area (Å²) >= 11 is 5.73. The Morgan fingerprint density at radius 1 is 1.47 bits per heavy atom. The molecule has 78 valence electrons. The fraction of sp³-hybridized carbons (Fsp3) is 0.182. The number of aliphatic hydroxyl groups is 1. The van der Waals surface area contributed by atoms with E-state index in [1.165, 1.54) is 0 Å². The van der Waals surface area contributed by atoms with Crippen LogP contribution in [0.4, 0.5) is 0 Å². The van der Waals surface area contributed by atoms with Crippen molar-refractivity contribution in [2.24, 2.45) is 0 Å². The molecule has 2 aromatic rings. The molecule has 0 aliphatic carbocycles. The lowest BCUT2D eigenvalue weighted by molar-refractivity contribution is 0.178. The van der Waals surface area contributed by atoms with E-state index >= 15 is 0 Å². The summed E-state index contributed by atoms with van der Waals surface area (Å²) in [4.78, 5) is 3.86. The van der Waals surface area contributed by atoms with E-state index in [2.05, 4.69) is 4.98 Å². The number of pyridine rings is 1. The van der Waals surface area contributed by atoms with Crippen molar-refractivity contribution < 1.29 is 9.52 Å². The summed E-state index contributed by atoms with van der Waals surface area (Å²) in [6.45, 7) is 0. The highest BCUT2D eigenvalue weighted by atomic mass is 35.5. The Morgan fingerprint density at radius 2 is 2.33 bits per heavy atom. The smallest absolute Gasteiger partial charge is 0.129 e. The molecule has 1 atom stereocenters. The molecule has 0 saturated carbocycles. The normalized spacial score (nSPS) is 12.7. The number of halogens is 1. The quantitative estimate of drug-likeness (QED) is 0.814. The largest absolute Gasteiger partial charge is 0.472 e. The third-order valence-electron chi connectivity index (χ3n) is 2.14. The van der Waals surface area contributed by atoms with E-state index in [0.29, 0.717) is 11.6 Å². The molecule has 2 heterocycles. The van der Waals surface area contributed by atoms with Gasteiger partial charge in [-0.2, -0.15) is 0 Å². The van der Waals surface area contributed by atoms with E-state index in [4.69, 9.17) is 16.0 Å². The number of hydrogen-bond acceptors (Lipinski definition) is 3. The standard InChI is InChI=1S/C11H10ClNO2/c12-11-6-9(1-3-13-11)10(14)5-8-2-4-15-7-8/h1-4,6-7,10,14H,5H2. The van der Waals surface area contributed by atoms with Crippen molar-refractivity contribution >= 4 is 11.6 Å². The number of nitrogens with zero attached hydrogens (tertiary/aromatic N) is 1. The average molecular weight is 224 g/mol. The first-order valence-corrected chi connectivity index (χ1v) is 4.94. The minimum Gasteiger partial charge on any atom is -0.472 e. The van der Waals surface area contributed by atoms with Gasteiger partial charge in [-0.3, -0.25) is 0 Å². The molecular formula is C11H10ClNO2. The van der Waals surface area contributed by atoms with Gasteiger partial charge >= 0.3 is 0 Å². The summed E-state index contributed by atoms with van der Waals surface area (Å²) in [5.41, 5.74) is 1.71. The van der Waals surface area contributed by atoms with Crippen LogP contribution < -0.4 is 0 Å². The summed E-state index contributed by atoms with van der Waals surface area (Å²) in [5, 5.41) is 10.3. The Kier molecular flexibility index (Phi) is 3.04. The van der Waals surface area contributed by atoms with Gasteiger partial charge in [-0.05, 0) is 29.3 Å². The van der Waals surface area contributed by atoms with Crippen LogP contribution in [0.5, 0.6) is 0 Å². The van der Waals surface area contributed by atoms with Gasteiger partial charge in [0.2, 0.25) is 0 Å². The third kappa shape index (κ3) is 2.58. The monoisotopic (exact) mass is 223 g/mol. The first kappa shape index (κ1) is 10.2. The Bertz CT molecular complexity index is 428. The second-order valence-corrected chi connectivity index (χ2v) is 3.65. The van der Waals surface area contributed by atoms with E-state index in [9.17, 15) is 5.11 Å². The van der Waals surface area contributed by atoms with E-state index in [1.807, 2.05) is 6.07 Å². The van der Waals surface area contributed by atoms with Crippen LogP contribution in [0, 0.1) is 0 Å². The van der Waals surface area contributed by atoms with Crippen molar-refractivity contribution in [2.75, 3.05) is 0 Å². The predicted octanol–water partition coefficient (Wildman–Crippen LogP) is 2.60. The molecule has 2 aromatic heterocycles. The molecule has 0 aliphatic rings. The minimum atomic E-state index is -0.580. The fourth-order valence-electron chi connectivity index (χ4n) is 1.37. The van der Waals surface area contributed by atoms with Crippen LogP contribution >= 0.6 is 11.6 Å². The van der Waals surface area contributed by atoms with Gasteiger partial charge in [-0.25, -0.2) is 4.98 Å². The van der Waals surface area contributed by atoms with E-state index in [0.717, 1.165) is 11.1 Å². The van der Waals surface area contributed by atoms with E-state index < -0.39 is 6.10 Å². The van der Waals surface area contributed by atoms with Crippen LogP contribution in [0.25, 0.3) is 0 Å². The Morgan fingerprint density at radius 3 is 3.00 bits per heavy atom. The number of furan rings is 1. The fourth-order valence-corrected chi connectivity index (χ4v) is 1.56. The molecule has 0 fully saturated rings. The molecule has 1 N–H and O–H groups in total. The maximum Gasteiger partial charge on any atom is 0.129 e. The minimum absolute atomic E-state index is 0.388. The second-order valence-electron chi connectivity index (χ2n) is 3.26. The number of aromatic nitrogens is 1. The van der Waals surface area contributed by atoms with Crippen LogP contribution in [-0.2, 0) is 6.42 Å². The molecular weight excluding hydrogens is 214 g/mol. The van der Waals surface area contributed by atoms with Gasteiger partial charge in [0.05, 0.1) is 18.6 Å². The lowest BCUT2D eigenvalue weighted by Crippen LogP contribution is -2.01. The lowest BCUT2D eigenvalue weighted by Gasteiger charge is -2.09. The third-order valence-corrected chi connectivity index (χ3v) is 2.35. The van der Waals surface area contributed by atoms with Crippen LogP contribution in [-0.4, -0.2) is 10.1 Å². The molecule has 1 unspecified atom stereocenters. The molecule has 2 rings (SSSR count). The first-order chi connectivity index (χ1) is 7.25. The van der Waals surface area contributed by atoms with E-state index in [-0.39, 0.29) is 0 Å². The highest BCUT2D eigenvalue weighted by Crippen LogP contribution is 2.19. The molecule has 0 aromatic carbocycles. The average Bonchev–Trinajstić information content (AvgIpc) is 2.70. The molecule has 0 bridgehead atoms. The molecule has 0 aliphatic heterocycles. The maximum absolute atomic E-state index is 9.89. The van der Waals surface area contributed by atoms with Crippen molar-refractivity contribution in [3.8, 4) is 0 Å². The maximum atomic E-state index is 9.89. The van der Waals surface area contributed by atoms with Crippen molar-refractivity contribution in [2.45, 2.75) is 12.5 Å². The second kappa shape index (κ2) is 4.47. The summed E-state index contributed by atoms with van der Waals surface area (Å²) in [7, 11) is 0. The van der Waals surface area contributed by atoms with Gasteiger partial charge in [0.25, 0.3) is 0 Å². The molecule has 4 heteroatoms. The van der Waals surface area contributed by atoms with Crippen molar-refractivity contribution in [1.29, 1.82) is 0 Å². The predicted molar refractivity (Wildman–Crippen MR) is 56.6 cm³/mol. The van der Waals surface area contributed by atoms with Gasteiger partial charge in [0.15, 0.2) is 0 Å². The molecule has 0 amide bonds. The summed E-state index contributed by atoms with van der Waals surface area (Å²) < 4.78 is 4.93. The van der Waals surface area contributed by atoms with Crippen LogP contribution in [0.3, 0.4) is 0 Å². The van der Waals surface area contributed by atoms with Gasteiger partial charge < -0.3 is 9.52 Å². The van der Waals surface area contributed by atoms with Gasteiger partial charge in [-0.15, -0.1) is 0 Å². The molecule has 0 spiro atoms. The van der Waals surface area contributed by atoms with Crippen LogP contribution in [0.15, 0.2) is 41.3 Å². The Hall–Kier alpha value is -1.32. The zero-order valence-electron chi connectivity index (χ0n) is 7.93.